The average molecular weight is 177 g/mol. The summed E-state index contributed by atoms with van der Waals surface area (Å²) in [6.45, 7) is 2.08. The van der Waals surface area contributed by atoms with Crippen molar-refractivity contribution in [1.29, 1.82) is 0 Å². The Morgan fingerprint density at radius 1 is 1.62 bits per heavy atom. The summed E-state index contributed by atoms with van der Waals surface area (Å²) in [5, 5.41) is 0. The van der Waals surface area contributed by atoms with Crippen LogP contribution in [0.1, 0.15) is 19.0 Å². The number of aryl methyl sites for hydroxylation is 1. The van der Waals surface area contributed by atoms with Crippen molar-refractivity contribution in [3.8, 4) is 0 Å². The summed E-state index contributed by atoms with van der Waals surface area (Å²) in [6, 6.07) is 1.62. The van der Waals surface area contributed by atoms with Crippen LogP contribution >= 0.6 is 0 Å². The molecule has 0 unspecified atom stereocenters. The predicted octanol–water partition coefficient (Wildman–Crippen LogP) is 0.975. The molecule has 0 saturated heterocycles. The number of aromatic nitrogens is 3. The number of nitrogens with one attached hydrogen (secondary N) is 1. The first-order valence-corrected chi connectivity index (χ1v) is 4.36. The van der Waals surface area contributed by atoms with Gasteiger partial charge in [0, 0.05) is 24.2 Å². The smallest absolute Gasteiger partial charge is 0.259 e. The van der Waals surface area contributed by atoms with Gasteiger partial charge in [-0.15, -0.1) is 0 Å². The van der Waals surface area contributed by atoms with E-state index >= 15 is 0 Å². The van der Waals surface area contributed by atoms with Crippen molar-refractivity contribution in [3.05, 3.63) is 34.5 Å². The summed E-state index contributed by atoms with van der Waals surface area (Å²) in [5.41, 5.74) is 0.931. The lowest BCUT2D eigenvalue weighted by Crippen LogP contribution is -2.13. The standard InChI is InChI=1S/C9H11N3O/c1-2-3-7-6-8(13)12-5-4-10-9(12)11-7/h4-6H,2-3H2,1H3,(H,10,11). The van der Waals surface area contributed by atoms with E-state index in [0.717, 1.165) is 18.5 Å². The van der Waals surface area contributed by atoms with Crippen LogP contribution in [0.2, 0.25) is 0 Å². The van der Waals surface area contributed by atoms with Gasteiger partial charge in [0.2, 0.25) is 5.78 Å². The molecule has 0 bridgehead atoms. The quantitative estimate of drug-likeness (QED) is 0.743. The maximum absolute atomic E-state index is 11.4. The molecule has 13 heavy (non-hydrogen) atoms. The van der Waals surface area contributed by atoms with Gasteiger partial charge in [-0.3, -0.25) is 9.20 Å². The summed E-state index contributed by atoms with van der Waals surface area (Å²) in [4.78, 5) is 18.6. The molecule has 0 saturated carbocycles. The molecule has 0 aromatic carbocycles. The Hall–Kier alpha value is -1.58. The molecule has 0 fully saturated rings. The summed E-state index contributed by atoms with van der Waals surface area (Å²) < 4.78 is 1.50. The molecule has 2 heterocycles. The number of fused-ring (bicyclic) bond motifs is 1. The molecule has 0 aliphatic carbocycles. The van der Waals surface area contributed by atoms with Gasteiger partial charge in [0.25, 0.3) is 5.56 Å². The van der Waals surface area contributed by atoms with Crippen molar-refractivity contribution < 1.29 is 0 Å². The normalized spacial score (nSPS) is 10.8. The molecule has 68 valence electrons. The molecule has 2 rings (SSSR count). The third-order valence-corrected chi connectivity index (χ3v) is 1.97. The SMILES string of the molecule is CCCc1cc(=O)n2ccnc2[nH]1. The van der Waals surface area contributed by atoms with Crippen molar-refractivity contribution >= 4 is 5.78 Å². The lowest BCUT2D eigenvalue weighted by Gasteiger charge is -1.98. The van der Waals surface area contributed by atoms with E-state index in [-0.39, 0.29) is 5.56 Å². The Labute approximate surface area is 75.2 Å². The molecule has 2 aromatic rings. The maximum Gasteiger partial charge on any atom is 0.259 e. The van der Waals surface area contributed by atoms with Crippen LogP contribution < -0.4 is 5.56 Å². The summed E-state index contributed by atoms with van der Waals surface area (Å²) >= 11 is 0. The highest BCUT2D eigenvalue weighted by Crippen LogP contribution is 1.98. The number of hydrogen-bond donors (Lipinski definition) is 1. The van der Waals surface area contributed by atoms with Gasteiger partial charge in [0.1, 0.15) is 0 Å². The van der Waals surface area contributed by atoms with Crippen LogP contribution in [-0.2, 0) is 6.42 Å². The van der Waals surface area contributed by atoms with E-state index in [0.29, 0.717) is 5.78 Å². The summed E-state index contributed by atoms with van der Waals surface area (Å²) in [6.07, 6.45) is 5.18. The lowest BCUT2D eigenvalue weighted by molar-refractivity contribution is 0.867. The van der Waals surface area contributed by atoms with Crippen molar-refractivity contribution in [2.24, 2.45) is 0 Å². The molecular weight excluding hydrogens is 166 g/mol. The zero-order valence-corrected chi connectivity index (χ0v) is 7.45. The molecule has 0 aliphatic rings. The second-order valence-electron chi connectivity index (χ2n) is 3.00. The largest absolute Gasteiger partial charge is 0.329 e. The molecule has 1 N–H and O–H groups in total. The third-order valence-electron chi connectivity index (χ3n) is 1.97. The molecule has 0 atom stereocenters. The van der Waals surface area contributed by atoms with Crippen LogP contribution in [0, 0.1) is 0 Å². The monoisotopic (exact) mass is 177 g/mol. The first-order chi connectivity index (χ1) is 6.31. The van der Waals surface area contributed by atoms with Gasteiger partial charge in [0.15, 0.2) is 0 Å². The second kappa shape index (κ2) is 3.05. The van der Waals surface area contributed by atoms with Crippen LogP contribution in [0.5, 0.6) is 0 Å². The number of H-pyrrole nitrogens is 1. The van der Waals surface area contributed by atoms with Crippen LogP contribution in [0.15, 0.2) is 23.3 Å². The number of hydrogen-bond acceptors (Lipinski definition) is 2. The Kier molecular flexibility index (Phi) is 1.88. The molecule has 0 amide bonds. The van der Waals surface area contributed by atoms with Gasteiger partial charge in [-0.1, -0.05) is 13.3 Å². The van der Waals surface area contributed by atoms with Gasteiger partial charge in [-0.25, -0.2) is 4.98 Å². The van der Waals surface area contributed by atoms with E-state index in [1.54, 1.807) is 18.5 Å². The van der Waals surface area contributed by atoms with E-state index < -0.39 is 0 Å². The number of aromatic amines is 1. The topological polar surface area (TPSA) is 50.2 Å². The summed E-state index contributed by atoms with van der Waals surface area (Å²) in [7, 11) is 0. The highest BCUT2D eigenvalue weighted by atomic mass is 16.1. The fraction of sp³-hybridized carbons (Fsp3) is 0.333. The van der Waals surface area contributed by atoms with Gasteiger partial charge in [-0.05, 0) is 6.42 Å². The molecule has 0 radical (unpaired) electrons. The highest BCUT2D eigenvalue weighted by molar-refractivity contribution is 5.28. The Morgan fingerprint density at radius 2 is 2.46 bits per heavy atom. The molecule has 0 spiro atoms. The minimum absolute atomic E-state index is 0.0188. The van der Waals surface area contributed by atoms with Crippen LogP contribution in [0.3, 0.4) is 0 Å². The first-order valence-electron chi connectivity index (χ1n) is 4.36. The van der Waals surface area contributed by atoms with Crippen molar-refractivity contribution in [1.82, 2.24) is 14.4 Å². The number of nitrogens with zero attached hydrogens (tertiary/aromatic N) is 2. The summed E-state index contributed by atoms with van der Waals surface area (Å²) in [5.74, 6) is 0.621. The fourth-order valence-corrected chi connectivity index (χ4v) is 1.38. The molecule has 4 heteroatoms. The van der Waals surface area contributed by atoms with E-state index in [1.165, 1.54) is 4.40 Å². The minimum Gasteiger partial charge on any atom is -0.329 e. The Morgan fingerprint density at radius 3 is 3.23 bits per heavy atom. The molecular formula is C9H11N3O. The van der Waals surface area contributed by atoms with Gasteiger partial charge in [0.05, 0.1) is 0 Å². The van der Waals surface area contributed by atoms with Gasteiger partial charge < -0.3 is 4.98 Å². The number of imidazole rings is 1. The van der Waals surface area contributed by atoms with Crippen LogP contribution in [0.4, 0.5) is 0 Å². The number of rotatable bonds is 2. The van der Waals surface area contributed by atoms with E-state index in [1.807, 2.05) is 0 Å². The zero-order chi connectivity index (χ0) is 9.26. The minimum atomic E-state index is -0.0188. The van der Waals surface area contributed by atoms with Crippen LogP contribution in [-0.4, -0.2) is 14.4 Å². The van der Waals surface area contributed by atoms with Crippen molar-refractivity contribution in [2.45, 2.75) is 19.8 Å². The van der Waals surface area contributed by atoms with Gasteiger partial charge >= 0.3 is 0 Å². The predicted molar refractivity (Wildman–Crippen MR) is 49.8 cm³/mol. The van der Waals surface area contributed by atoms with Gasteiger partial charge in [-0.2, -0.15) is 0 Å². The maximum atomic E-state index is 11.4. The first kappa shape index (κ1) is 8.04. The zero-order valence-electron chi connectivity index (χ0n) is 7.45. The fourth-order valence-electron chi connectivity index (χ4n) is 1.38. The van der Waals surface area contributed by atoms with Crippen molar-refractivity contribution in [2.75, 3.05) is 0 Å². The molecule has 0 aliphatic heterocycles. The average Bonchev–Trinajstić information content (AvgIpc) is 2.53. The molecule has 2 aromatic heterocycles. The third kappa shape index (κ3) is 1.35. The lowest BCUT2D eigenvalue weighted by atomic mass is 10.2. The van der Waals surface area contributed by atoms with Crippen LogP contribution in [0.25, 0.3) is 5.78 Å². The van der Waals surface area contributed by atoms with E-state index in [9.17, 15) is 4.79 Å². The Balaban J connectivity index is 2.63. The highest BCUT2D eigenvalue weighted by Gasteiger charge is 2.00. The van der Waals surface area contributed by atoms with Crippen molar-refractivity contribution in [3.63, 3.8) is 0 Å². The van der Waals surface area contributed by atoms with E-state index in [2.05, 4.69) is 16.9 Å². The van der Waals surface area contributed by atoms with E-state index in [4.69, 9.17) is 0 Å². The Bertz CT molecular complexity index is 469. The molecule has 4 nitrogen and oxygen atoms in total. The second-order valence-corrected chi connectivity index (χ2v) is 3.00.